The zero-order chi connectivity index (χ0) is 21.0. The number of amides is 1. The SMILES string of the molecule is COc1ccc(CC(C)NS(=O)(=O)c2ccc(N3CCCC3=O)cc2)cc1OC. The highest BCUT2D eigenvalue weighted by Crippen LogP contribution is 2.28. The number of hydrogen-bond acceptors (Lipinski definition) is 5. The Hall–Kier alpha value is -2.58. The Bertz CT molecular complexity index is 973. The van der Waals surface area contributed by atoms with Crippen molar-refractivity contribution in [2.24, 2.45) is 0 Å². The number of methoxy groups -OCH3 is 2. The number of carbonyl (C=O) groups excluding carboxylic acids is 1. The van der Waals surface area contributed by atoms with Crippen LogP contribution in [-0.2, 0) is 21.2 Å². The number of sulfonamides is 1. The number of ether oxygens (including phenoxy) is 2. The second-order valence-corrected chi connectivity index (χ2v) is 8.77. The molecule has 0 radical (unpaired) electrons. The summed E-state index contributed by atoms with van der Waals surface area (Å²) < 4.78 is 38.7. The van der Waals surface area contributed by atoms with Crippen molar-refractivity contribution < 1.29 is 22.7 Å². The molecule has 1 unspecified atom stereocenters. The van der Waals surface area contributed by atoms with Crippen LogP contribution in [-0.4, -0.2) is 41.1 Å². The zero-order valence-corrected chi connectivity index (χ0v) is 17.7. The van der Waals surface area contributed by atoms with Crippen LogP contribution in [0.5, 0.6) is 11.5 Å². The van der Waals surface area contributed by atoms with Gasteiger partial charge in [-0.25, -0.2) is 13.1 Å². The van der Waals surface area contributed by atoms with Crippen molar-refractivity contribution >= 4 is 21.6 Å². The number of anilines is 1. The molecule has 1 saturated heterocycles. The highest BCUT2D eigenvalue weighted by molar-refractivity contribution is 7.89. The summed E-state index contributed by atoms with van der Waals surface area (Å²) in [4.78, 5) is 13.7. The summed E-state index contributed by atoms with van der Waals surface area (Å²) in [5, 5.41) is 0. The van der Waals surface area contributed by atoms with Gasteiger partial charge in [0.2, 0.25) is 15.9 Å². The van der Waals surface area contributed by atoms with Gasteiger partial charge in [-0.05, 0) is 61.7 Å². The molecular weight excluding hydrogens is 392 g/mol. The lowest BCUT2D eigenvalue weighted by Crippen LogP contribution is -2.34. The third kappa shape index (κ3) is 4.89. The molecule has 156 valence electrons. The molecule has 0 aromatic heterocycles. The average molecular weight is 419 g/mol. The van der Waals surface area contributed by atoms with E-state index in [1.165, 1.54) is 12.1 Å². The third-order valence-corrected chi connectivity index (χ3v) is 6.48. The van der Waals surface area contributed by atoms with Crippen LogP contribution >= 0.6 is 0 Å². The molecule has 1 fully saturated rings. The van der Waals surface area contributed by atoms with E-state index in [9.17, 15) is 13.2 Å². The van der Waals surface area contributed by atoms with Crippen LogP contribution in [0.25, 0.3) is 0 Å². The maximum Gasteiger partial charge on any atom is 0.240 e. The van der Waals surface area contributed by atoms with Crippen LogP contribution in [0.4, 0.5) is 5.69 Å². The molecule has 2 aromatic carbocycles. The summed E-state index contributed by atoms with van der Waals surface area (Å²) in [6, 6.07) is 11.6. The molecule has 29 heavy (non-hydrogen) atoms. The quantitative estimate of drug-likeness (QED) is 0.713. The van der Waals surface area contributed by atoms with E-state index in [4.69, 9.17) is 9.47 Å². The van der Waals surface area contributed by atoms with Crippen molar-refractivity contribution in [1.29, 1.82) is 0 Å². The van der Waals surface area contributed by atoms with E-state index in [0.717, 1.165) is 17.7 Å². The molecule has 3 rings (SSSR count). The van der Waals surface area contributed by atoms with Gasteiger partial charge in [-0.3, -0.25) is 4.79 Å². The maximum absolute atomic E-state index is 12.7. The molecule has 1 heterocycles. The van der Waals surface area contributed by atoms with Crippen LogP contribution < -0.4 is 19.1 Å². The van der Waals surface area contributed by atoms with E-state index >= 15 is 0 Å². The monoisotopic (exact) mass is 418 g/mol. The van der Waals surface area contributed by atoms with Gasteiger partial charge in [0.1, 0.15) is 0 Å². The largest absolute Gasteiger partial charge is 0.493 e. The van der Waals surface area contributed by atoms with Gasteiger partial charge in [-0.2, -0.15) is 0 Å². The first-order chi connectivity index (χ1) is 13.8. The standard InChI is InChI=1S/C21H26N2O5S/c1-15(13-16-6-11-19(27-2)20(14-16)28-3)22-29(25,26)18-9-7-17(8-10-18)23-12-4-5-21(23)24/h6-11,14-15,22H,4-5,12-13H2,1-3H3. The summed E-state index contributed by atoms with van der Waals surface area (Å²) in [6.45, 7) is 2.48. The maximum atomic E-state index is 12.7. The number of benzene rings is 2. The fourth-order valence-corrected chi connectivity index (χ4v) is 4.71. The predicted octanol–water partition coefficient (Wildman–Crippen LogP) is 2.74. The van der Waals surface area contributed by atoms with Gasteiger partial charge >= 0.3 is 0 Å². The van der Waals surface area contributed by atoms with Crippen LogP contribution in [0.3, 0.4) is 0 Å². The second kappa shape index (κ2) is 8.84. The molecule has 1 aliphatic rings. The van der Waals surface area contributed by atoms with Crippen molar-refractivity contribution in [2.45, 2.75) is 37.1 Å². The highest BCUT2D eigenvalue weighted by Gasteiger charge is 2.23. The zero-order valence-electron chi connectivity index (χ0n) is 16.8. The minimum Gasteiger partial charge on any atom is -0.493 e. The Kier molecular flexibility index (Phi) is 6.44. The first-order valence-electron chi connectivity index (χ1n) is 9.47. The van der Waals surface area contributed by atoms with Crippen LogP contribution in [0.1, 0.15) is 25.3 Å². The Labute approximate surface area is 171 Å². The van der Waals surface area contributed by atoms with Crippen LogP contribution in [0.2, 0.25) is 0 Å². The summed E-state index contributed by atoms with van der Waals surface area (Å²) in [5.74, 6) is 1.30. The van der Waals surface area contributed by atoms with E-state index in [1.54, 1.807) is 37.3 Å². The molecule has 1 atom stereocenters. The van der Waals surface area contributed by atoms with E-state index in [2.05, 4.69) is 4.72 Å². The van der Waals surface area contributed by atoms with E-state index in [-0.39, 0.29) is 16.8 Å². The molecule has 8 heteroatoms. The molecule has 1 aliphatic heterocycles. The lowest BCUT2D eigenvalue weighted by Gasteiger charge is -2.18. The molecule has 0 aliphatic carbocycles. The van der Waals surface area contributed by atoms with Crippen LogP contribution in [0.15, 0.2) is 47.4 Å². The molecule has 2 aromatic rings. The number of nitrogens with one attached hydrogen (secondary N) is 1. The highest BCUT2D eigenvalue weighted by atomic mass is 32.2. The topological polar surface area (TPSA) is 84.9 Å². The van der Waals surface area contributed by atoms with Crippen molar-refractivity contribution in [3.05, 3.63) is 48.0 Å². The van der Waals surface area contributed by atoms with Gasteiger partial charge in [0.05, 0.1) is 19.1 Å². The lowest BCUT2D eigenvalue weighted by molar-refractivity contribution is -0.117. The molecular formula is C21H26N2O5S. The molecule has 1 N–H and O–H groups in total. The van der Waals surface area contributed by atoms with Gasteiger partial charge in [0.15, 0.2) is 11.5 Å². The second-order valence-electron chi connectivity index (χ2n) is 7.06. The van der Waals surface area contributed by atoms with Crippen LogP contribution in [0, 0.1) is 0 Å². The molecule has 0 spiro atoms. The summed E-state index contributed by atoms with van der Waals surface area (Å²) in [5.41, 5.74) is 1.66. The molecule has 0 saturated carbocycles. The minimum absolute atomic E-state index is 0.0716. The number of carbonyl (C=O) groups is 1. The molecule has 0 bridgehead atoms. The molecule has 7 nitrogen and oxygen atoms in total. The van der Waals surface area contributed by atoms with E-state index in [1.807, 2.05) is 19.1 Å². The van der Waals surface area contributed by atoms with Gasteiger partial charge in [-0.15, -0.1) is 0 Å². The number of rotatable bonds is 8. The first-order valence-corrected chi connectivity index (χ1v) is 11.0. The minimum atomic E-state index is -3.67. The Morgan fingerprint density at radius 1 is 1.07 bits per heavy atom. The average Bonchev–Trinajstić information content (AvgIpc) is 3.13. The van der Waals surface area contributed by atoms with Crippen molar-refractivity contribution in [3.8, 4) is 11.5 Å². The van der Waals surface area contributed by atoms with E-state index in [0.29, 0.717) is 30.9 Å². The number of hydrogen-bond donors (Lipinski definition) is 1. The summed E-state index contributed by atoms with van der Waals surface area (Å²) in [7, 11) is -0.540. The smallest absolute Gasteiger partial charge is 0.240 e. The van der Waals surface area contributed by atoms with Gasteiger partial charge in [0.25, 0.3) is 0 Å². The van der Waals surface area contributed by atoms with Gasteiger partial charge < -0.3 is 14.4 Å². The third-order valence-electron chi connectivity index (χ3n) is 4.88. The fourth-order valence-electron chi connectivity index (χ4n) is 3.46. The van der Waals surface area contributed by atoms with Gasteiger partial charge in [0, 0.05) is 24.7 Å². The lowest BCUT2D eigenvalue weighted by atomic mass is 10.1. The fraction of sp³-hybridized carbons (Fsp3) is 0.381. The van der Waals surface area contributed by atoms with E-state index < -0.39 is 10.0 Å². The summed E-state index contributed by atoms with van der Waals surface area (Å²) >= 11 is 0. The van der Waals surface area contributed by atoms with Gasteiger partial charge in [-0.1, -0.05) is 6.07 Å². The Morgan fingerprint density at radius 3 is 2.34 bits per heavy atom. The number of nitrogens with zero attached hydrogens (tertiary/aromatic N) is 1. The predicted molar refractivity (Wildman–Crippen MR) is 111 cm³/mol. The Balaban J connectivity index is 1.68. The normalized spacial score (nSPS) is 15.4. The van der Waals surface area contributed by atoms with Crippen molar-refractivity contribution in [1.82, 2.24) is 4.72 Å². The van der Waals surface area contributed by atoms with Crippen molar-refractivity contribution in [3.63, 3.8) is 0 Å². The first kappa shape index (κ1) is 21.1. The Morgan fingerprint density at radius 2 is 1.76 bits per heavy atom. The molecule has 1 amide bonds. The van der Waals surface area contributed by atoms with Crippen molar-refractivity contribution in [2.75, 3.05) is 25.7 Å². The summed E-state index contributed by atoms with van der Waals surface area (Å²) in [6.07, 6.45) is 1.86.